The minimum atomic E-state index is -0.764. The summed E-state index contributed by atoms with van der Waals surface area (Å²) in [7, 11) is 0. The first-order chi connectivity index (χ1) is 17.6. The van der Waals surface area contributed by atoms with Crippen molar-refractivity contribution in [2.75, 3.05) is 50.7 Å². The number of halogens is 3. The molecule has 0 bridgehead atoms. The predicted octanol–water partition coefficient (Wildman–Crippen LogP) is 3.28. The van der Waals surface area contributed by atoms with E-state index in [2.05, 4.69) is 40.9 Å². The zero-order valence-electron chi connectivity index (χ0n) is 21.8. The van der Waals surface area contributed by atoms with Crippen LogP contribution in [0.1, 0.15) is 44.0 Å². The molecule has 0 aliphatic carbocycles. The van der Waals surface area contributed by atoms with Gasteiger partial charge in [0.2, 0.25) is 5.91 Å². The number of nitrogens with zero attached hydrogens (tertiary/aromatic N) is 4. The van der Waals surface area contributed by atoms with E-state index < -0.39 is 17.8 Å². The van der Waals surface area contributed by atoms with Crippen LogP contribution in [0.4, 0.5) is 18.9 Å². The fourth-order valence-electron chi connectivity index (χ4n) is 5.89. The van der Waals surface area contributed by atoms with Crippen molar-refractivity contribution < 1.29 is 18.0 Å². The Morgan fingerprint density at radius 3 is 2.76 bits per heavy atom. The van der Waals surface area contributed by atoms with E-state index in [1.165, 1.54) is 12.1 Å². The Labute approximate surface area is 216 Å². The average Bonchev–Trinajstić information content (AvgIpc) is 3.37. The number of likely N-dealkylation sites (tertiary alicyclic amines) is 1. The lowest BCUT2D eigenvalue weighted by Gasteiger charge is -2.41. The van der Waals surface area contributed by atoms with Gasteiger partial charge >= 0.3 is 0 Å². The number of carbonyl (C=O) groups is 1. The Kier molecular flexibility index (Phi) is 7.31. The van der Waals surface area contributed by atoms with E-state index in [4.69, 9.17) is 0 Å². The molecule has 2 aromatic rings. The Hall–Kier alpha value is -2.49. The molecule has 37 heavy (non-hydrogen) atoms. The van der Waals surface area contributed by atoms with Crippen LogP contribution < -0.4 is 10.2 Å². The Morgan fingerprint density at radius 2 is 2.03 bits per heavy atom. The summed E-state index contributed by atoms with van der Waals surface area (Å²) in [6.45, 7) is 10.6. The Bertz CT molecular complexity index is 1160. The fraction of sp³-hybridized carbons (Fsp3) is 0.571. The van der Waals surface area contributed by atoms with Crippen molar-refractivity contribution in [1.82, 2.24) is 20.1 Å². The standard InChI is InChI=1S/C28H36F3N5O/c1-18-13-35(23(11-32-18)15-34-7-6-21(30)14-34)16-27(37)36-17-28(2,3)24-12-33-22(10-26(24)36)8-19-4-5-20(29)9-25(19)31/h4-5,9-10,12,18,21,23,32H,6-8,11,13-17H2,1-3H3. The first kappa shape index (κ1) is 26.1. The zero-order chi connectivity index (χ0) is 26.3. The molecule has 6 nitrogen and oxygen atoms in total. The molecule has 3 unspecified atom stereocenters. The number of anilines is 1. The monoisotopic (exact) mass is 515 g/mol. The van der Waals surface area contributed by atoms with Crippen molar-refractivity contribution in [3.8, 4) is 0 Å². The maximum absolute atomic E-state index is 14.3. The van der Waals surface area contributed by atoms with E-state index in [0.29, 0.717) is 30.8 Å². The molecular formula is C28H36F3N5O. The summed E-state index contributed by atoms with van der Waals surface area (Å²) in [5, 5.41) is 3.51. The number of pyridine rings is 1. The van der Waals surface area contributed by atoms with Crippen molar-refractivity contribution in [3.63, 3.8) is 0 Å². The minimum Gasteiger partial charge on any atom is -0.311 e. The smallest absolute Gasteiger partial charge is 0.241 e. The Balaban J connectivity index is 1.34. The predicted molar refractivity (Wildman–Crippen MR) is 138 cm³/mol. The lowest BCUT2D eigenvalue weighted by Crippen LogP contribution is -2.60. The van der Waals surface area contributed by atoms with Crippen LogP contribution in [-0.2, 0) is 16.6 Å². The molecule has 2 fully saturated rings. The lowest BCUT2D eigenvalue weighted by atomic mass is 9.88. The van der Waals surface area contributed by atoms with Gasteiger partial charge in [0, 0.05) is 86.7 Å². The number of benzene rings is 1. The lowest BCUT2D eigenvalue weighted by molar-refractivity contribution is -0.120. The second kappa shape index (κ2) is 10.3. The second-order valence-corrected chi connectivity index (χ2v) is 11.5. The van der Waals surface area contributed by atoms with E-state index >= 15 is 0 Å². The van der Waals surface area contributed by atoms with Crippen LogP contribution in [0, 0.1) is 11.6 Å². The molecule has 5 rings (SSSR count). The SMILES string of the molecule is CC1CN(CC(=O)N2CC(C)(C)c3cnc(Cc4ccc(F)cc4F)cc32)C(CN2CCC(F)C2)CN1. The van der Waals surface area contributed by atoms with Crippen molar-refractivity contribution in [3.05, 3.63) is 58.9 Å². The van der Waals surface area contributed by atoms with Crippen molar-refractivity contribution in [2.45, 2.75) is 57.3 Å². The van der Waals surface area contributed by atoms with Crippen LogP contribution in [0.25, 0.3) is 0 Å². The topological polar surface area (TPSA) is 51.7 Å². The number of nitrogens with one attached hydrogen (secondary N) is 1. The van der Waals surface area contributed by atoms with Crippen molar-refractivity contribution >= 4 is 11.6 Å². The van der Waals surface area contributed by atoms with Gasteiger partial charge in [-0.05, 0) is 31.0 Å². The van der Waals surface area contributed by atoms with Gasteiger partial charge in [-0.25, -0.2) is 13.2 Å². The molecule has 1 aromatic carbocycles. The van der Waals surface area contributed by atoms with Gasteiger partial charge in [-0.15, -0.1) is 0 Å². The molecule has 9 heteroatoms. The van der Waals surface area contributed by atoms with E-state index in [-0.39, 0.29) is 36.4 Å². The highest BCUT2D eigenvalue weighted by Gasteiger charge is 2.40. The molecule has 0 spiro atoms. The number of hydrogen-bond donors (Lipinski definition) is 1. The normalized spacial score (nSPS) is 26.0. The van der Waals surface area contributed by atoms with Gasteiger partial charge in [-0.2, -0.15) is 0 Å². The Morgan fingerprint density at radius 1 is 1.22 bits per heavy atom. The highest BCUT2D eigenvalue weighted by molar-refractivity contribution is 5.97. The first-order valence-electron chi connectivity index (χ1n) is 13.2. The number of aromatic nitrogens is 1. The number of carbonyl (C=O) groups excluding carboxylic acids is 1. The number of alkyl halides is 1. The fourth-order valence-corrected chi connectivity index (χ4v) is 5.89. The molecule has 0 saturated carbocycles. The highest BCUT2D eigenvalue weighted by Crippen LogP contribution is 2.40. The minimum absolute atomic E-state index is 0.0147. The third kappa shape index (κ3) is 5.68. The quantitative estimate of drug-likeness (QED) is 0.640. The summed E-state index contributed by atoms with van der Waals surface area (Å²) < 4.78 is 41.4. The molecule has 3 atom stereocenters. The van der Waals surface area contributed by atoms with Crippen LogP contribution in [0.3, 0.4) is 0 Å². The summed E-state index contributed by atoms with van der Waals surface area (Å²) in [6, 6.07) is 5.82. The molecule has 1 N–H and O–H groups in total. The number of hydrogen-bond acceptors (Lipinski definition) is 5. The summed E-state index contributed by atoms with van der Waals surface area (Å²) >= 11 is 0. The maximum Gasteiger partial charge on any atom is 0.241 e. The molecule has 3 aliphatic heterocycles. The highest BCUT2D eigenvalue weighted by atomic mass is 19.1. The van der Waals surface area contributed by atoms with Crippen molar-refractivity contribution in [1.29, 1.82) is 0 Å². The number of amides is 1. The van der Waals surface area contributed by atoms with Gasteiger partial charge in [0.15, 0.2) is 0 Å². The van der Waals surface area contributed by atoms with Gasteiger partial charge < -0.3 is 10.2 Å². The molecule has 1 aromatic heterocycles. The molecule has 2 saturated heterocycles. The van der Waals surface area contributed by atoms with E-state index in [9.17, 15) is 18.0 Å². The summed E-state index contributed by atoms with van der Waals surface area (Å²) in [5.74, 6) is -1.20. The third-order valence-corrected chi connectivity index (χ3v) is 7.95. The van der Waals surface area contributed by atoms with Crippen LogP contribution in [-0.4, -0.2) is 84.8 Å². The van der Waals surface area contributed by atoms with Gasteiger partial charge in [-0.1, -0.05) is 19.9 Å². The van der Waals surface area contributed by atoms with Gasteiger partial charge in [0.1, 0.15) is 17.8 Å². The maximum atomic E-state index is 14.3. The molecule has 1 amide bonds. The van der Waals surface area contributed by atoms with E-state index in [1.807, 2.05) is 11.0 Å². The first-order valence-corrected chi connectivity index (χ1v) is 13.2. The molecule has 200 valence electrons. The number of fused-ring (bicyclic) bond motifs is 1. The number of piperazine rings is 1. The third-order valence-electron chi connectivity index (χ3n) is 7.95. The van der Waals surface area contributed by atoms with Crippen LogP contribution >= 0.6 is 0 Å². The van der Waals surface area contributed by atoms with E-state index in [0.717, 1.165) is 43.5 Å². The van der Waals surface area contributed by atoms with Crippen LogP contribution in [0.2, 0.25) is 0 Å². The zero-order valence-corrected chi connectivity index (χ0v) is 21.8. The van der Waals surface area contributed by atoms with Gasteiger partial charge in [-0.3, -0.25) is 19.6 Å². The second-order valence-electron chi connectivity index (χ2n) is 11.5. The number of rotatable bonds is 6. The molecular weight excluding hydrogens is 479 g/mol. The molecule has 3 aliphatic rings. The largest absolute Gasteiger partial charge is 0.311 e. The van der Waals surface area contributed by atoms with E-state index in [1.54, 1.807) is 6.20 Å². The van der Waals surface area contributed by atoms with Crippen LogP contribution in [0.5, 0.6) is 0 Å². The van der Waals surface area contributed by atoms with Crippen LogP contribution in [0.15, 0.2) is 30.5 Å². The summed E-state index contributed by atoms with van der Waals surface area (Å²) in [6.07, 6.45) is 1.81. The summed E-state index contributed by atoms with van der Waals surface area (Å²) in [5.41, 5.74) is 2.52. The molecule has 0 radical (unpaired) electrons. The molecule has 4 heterocycles. The average molecular weight is 516 g/mol. The van der Waals surface area contributed by atoms with Gasteiger partial charge in [0.05, 0.1) is 12.2 Å². The summed E-state index contributed by atoms with van der Waals surface area (Å²) in [4.78, 5) is 24.5. The van der Waals surface area contributed by atoms with Gasteiger partial charge in [0.25, 0.3) is 0 Å². The van der Waals surface area contributed by atoms with Crippen molar-refractivity contribution in [2.24, 2.45) is 0 Å².